The highest BCUT2D eigenvalue weighted by Crippen LogP contribution is 2.18. The van der Waals surface area contributed by atoms with Gasteiger partial charge in [-0.1, -0.05) is 35.9 Å². The fourth-order valence-electron chi connectivity index (χ4n) is 2.12. The van der Waals surface area contributed by atoms with Gasteiger partial charge in [-0.05, 0) is 31.5 Å². The topological polar surface area (TPSA) is 88.0 Å². The molecule has 6 nitrogen and oxygen atoms in total. The highest BCUT2D eigenvalue weighted by atomic mass is 16.5. The minimum absolute atomic E-state index is 0.113. The van der Waals surface area contributed by atoms with Gasteiger partial charge < -0.3 is 9.84 Å². The Hall–Kier alpha value is -3.15. The first kappa shape index (κ1) is 17.2. The normalized spacial score (nSPS) is 10.6. The fraction of sp³-hybridized carbons (Fsp3) is 0.167. The maximum atomic E-state index is 11.7. The van der Waals surface area contributed by atoms with Gasteiger partial charge in [0.1, 0.15) is 5.75 Å². The van der Waals surface area contributed by atoms with Crippen LogP contribution in [0.25, 0.3) is 0 Å². The van der Waals surface area contributed by atoms with Crippen LogP contribution in [0, 0.1) is 13.8 Å². The molecule has 0 fully saturated rings. The van der Waals surface area contributed by atoms with E-state index in [9.17, 15) is 9.59 Å². The number of carbonyl (C=O) groups excluding carboxylic acids is 1. The Kier molecular flexibility index (Phi) is 5.68. The molecule has 0 spiro atoms. The van der Waals surface area contributed by atoms with Crippen molar-refractivity contribution in [1.82, 2.24) is 5.43 Å². The molecule has 2 rings (SSSR count). The first-order valence-corrected chi connectivity index (χ1v) is 7.31. The number of carbonyl (C=O) groups is 2. The molecule has 24 heavy (non-hydrogen) atoms. The standard InChI is InChI=1S/C18H18N2O4/c1-12-7-8-16(13(2)9-12)24-11-17(21)20-19-10-14-5-3-4-6-15(14)18(22)23/h3-10H,11H2,1-2H3,(H,20,21)(H,22,23)/b19-10+. The monoisotopic (exact) mass is 326 g/mol. The third kappa shape index (κ3) is 4.67. The van der Waals surface area contributed by atoms with Gasteiger partial charge in [-0.2, -0.15) is 5.10 Å². The molecule has 0 heterocycles. The molecule has 0 aromatic heterocycles. The van der Waals surface area contributed by atoms with Crippen molar-refractivity contribution >= 4 is 18.1 Å². The van der Waals surface area contributed by atoms with Crippen LogP contribution in [-0.2, 0) is 4.79 Å². The van der Waals surface area contributed by atoms with Crippen LogP contribution in [-0.4, -0.2) is 29.8 Å². The molecule has 0 unspecified atom stereocenters. The highest BCUT2D eigenvalue weighted by molar-refractivity contribution is 5.98. The van der Waals surface area contributed by atoms with E-state index < -0.39 is 11.9 Å². The Bertz CT molecular complexity index is 784. The average Bonchev–Trinajstić information content (AvgIpc) is 2.54. The van der Waals surface area contributed by atoms with Crippen LogP contribution in [0.5, 0.6) is 5.75 Å². The quantitative estimate of drug-likeness (QED) is 0.631. The van der Waals surface area contributed by atoms with Gasteiger partial charge in [-0.25, -0.2) is 10.2 Å². The van der Waals surface area contributed by atoms with Crippen LogP contribution < -0.4 is 10.2 Å². The number of amides is 1. The van der Waals surface area contributed by atoms with Gasteiger partial charge in [-0.15, -0.1) is 0 Å². The number of aromatic carboxylic acids is 1. The largest absolute Gasteiger partial charge is 0.483 e. The van der Waals surface area contributed by atoms with Gasteiger partial charge >= 0.3 is 5.97 Å². The lowest BCUT2D eigenvalue weighted by atomic mass is 10.1. The second-order valence-electron chi connectivity index (χ2n) is 5.24. The summed E-state index contributed by atoms with van der Waals surface area (Å²) in [6.45, 7) is 3.70. The van der Waals surface area contributed by atoms with Gasteiger partial charge in [0.25, 0.3) is 5.91 Å². The molecule has 2 aromatic carbocycles. The van der Waals surface area contributed by atoms with E-state index in [4.69, 9.17) is 9.84 Å². The Morgan fingerprint density at radius 3 is 2.67 bits per heavy atom. The number of carboxylic acids is 1. The Labute approximate surface area is 139 Å². The van der Waals surface area contributed by atoms with Crippen molar-refractivity contribution in [2.75, 3.05) is 6.61 Å². The fourth-order valence-corrected chi connectivity index (χ4v) is 2.12. The first-order chi connectivity index (χ1) is 11.5. The Morgan fingerprint density at radius 2 is 1.96 bits per heavy atom. The third-order valence-electron chi connectivity index (χ3n) is 3.27. The third-order valence-corrected chi connectivity index (χ3v) is 3.27. The summed E-state index contributed by atoms with van der Waals surface area (Å²) in [5, 5.41) is 12.8. The van der Waals surface area contributed by atoms with Crippen LogP contribution in [0.15, 0.2) is 47.6 Å². The summed E-state index contributed by atoms with van der Waals surface area (Å²) in [7, 11) is 0. The second-order valence-corrected chi connectivity index (χ2v) is 5.24. The van der Waals surface area contributed by atoms with Crippen molar-refractivity contribution in [1.29, 1.82) is 0 Å². The number of benzene rings is 2. The molecule has 0 saturated carbocycles. The van der Waals surface area contributed by atoms with Crippen LogP contribution in [0.3, 0.4) is 0 Å². The van der Waals surface area contributed by atoms with E-state index in [1.54, 1.807) is 18.2 Å². The molecule has 0 bridgehead atoms. The van der Waals surface area contributed by atoms with Gasteiger partial charge in [0.15, 0.2) is 6.61 Å². The number of rotatable bonds is 6. The molecule has 1 amide bonds. The SMILES string of the molecule is Cc1ccc(OCC(=O)N/N=C/c2ccccc2C(=O)O)c(C)c1. The summed E-state index contributed by atoms with van der Waals surface area (Å²) in [5.41, 5.74) is 4.89. The number of nitrogens with zero attached hydrogens (tertiary/aromatic N) is 1. The maximum Gasteiger partial charge on any atom is 0.336 e. The minimum Gasteiger partial charge on any atom is -0.483 e. The molecule has 0 aliphatic rings. The number of aryl methyl sites for hydroxylation is 2. The smallest absolute Gasteiger partial charge is 0.336 e. The van der Waals surface area contributed by atoms with Crippen LogP contribution in [0.1, 0.15) is 27.0 Å². The summed E-state index contributed by atoms with van der Waals surface area (Å²) >= 11 is 0. The summed E-state index contributed by atoms with van der Waals surface area (Å²) in [4.78, 5) is 22.8. The number of hydrogen-bond donors (Lipinski definition) is 2. The highest BCUT2D eigenvalue weighted by Gasteiger charge is 2.07. The number of nitrogens with one attached hydrogen (secondary N) is 1. The van der Waals surface area contributed by atoms with Crippen LogP contribution >= 0.6 is 0 Å². The van der Waals surface area contributed by atoms with Gasteiger partial charge in [0.05, 0.1) is 11.8 Å². The molecule has 2 N–H and O–H groups in total. The van der Waals surface area contributed by atoms with E-state index in [1.165, 1.54) is 12.3 Å². The number of hydrazone groups is 1. The predicted molar refractivity (Wildman–Crippen MR) is 90.5 cm³/mol. The Balaban J connectivity index is 1.90. The van der Waals surface area contributed by atoms with Gasteiger partial charge in [0.2, 0.25) is 0 Å². The minimum atomic E-state index is -1.05. The molecule has 2 aromatic rings. The molecule has 0 radical (unpaired) electrons. The molecule has 0 aliphatic heterocycles. The zero-order valence-corrected chi connectivity index (χ0v) is 13.4. The van der Waals surface area contributed by atoms with Crippen molar-refractivity contribution < 1.29 is 19.4 Å². The predicted octanol–water partition coefficient (Wildman–Crippen LogP) is 2.53. The summed E-state index contributed by atoms with van der Waals surface area (Å²) < 4.78 is 5.44. The van der Waals surface area contributed by atoms with Crippen molar-refractivity contribution in [2.45, 2.75) is 13.8 Å². The zero-order valence-electron chi connectivity index (χ0n) is 13.4. The zero-order chi connectivity index (χ0) is 17.5. The van der Waals surface area contributed by atoms with E-state index in [0.29, 0.717) is 11.3 Å². The molecule has 0 aliphatic carbocycles. The van der Waals surface area contributed by atoms with E-state index in [1.807, 2.05) is 32.0 Å². The molecule has 6 heteroatoms. The van der Waals surface area contributed by atoms with E-state index in [0.717, 1.165) is 11.1 Å². The number of ether oxygens (including phenoxy) is 1. The van der Waals surface area contributed by atoms with E-state index >= 15 is 0 Å². The van der Waals surface area contributed by atoms with Crippen molar-refractivity contribution in [3.63, 3.8) is 0 Å². The summed E-state index contributed by atoms with van der Waals surface area (Å²) in [6.07, 6.45) is 1.29. The van der Waals surface area contributed by atoms with E-state index in [-0.39, 0.29) is 12.2 Å². The molecular formula is C18H18N2O4. The lowest BCUT2D eigenvalue weighted by Crippen LogP contribution is -2.24. The molecular weight excluding hydrogens is 308 g/mol. The summed E-state index contributed by atoms with van der Waals surface area (Å²) in [5.74, 6) is -0.850. The Morgan fingerprint density at radius 1 is 1.21 bits per heavy atom. The molecule has 0 saturated heterocycles. The van der Waals surface area contributed by atoms with Crippen molar-refractivity contribution in [3.05, 3.63) is 64.7 Å². The van der Waals surface area contributed by atoms with E-state index in [2.05, 4.69) is 10.5 Å². The second kappa shape index (κ2) is 7.92. The molecule has 124 valence electrons. The van der Waals surface area contributed by atoms with Crippen LogP contribution in [0.4, 0.5) is 0 Å². The maximum absolute atomic E-state index is 11.7. The number of carboxylic acid groups (broad SMARTS) is 1. The van der Waals surface area contributed by atoms with Gasteiger partial charge in [0, 0.05) is 5.56 Å². The lowest BCUT2D eigenvalue weighted by Gasteiger charge is -2.08. The molecule has 0 atom stereocenters. The summed E-state index contributed by atoms with van der Waals surface area (Å²) in [6, 6.07) is 12.1. The number of hydrogen-bond acceptors (Lipinski definition) is 4. The van der Waals surface area contributed by atoms with Gasteiger partial charge in [-0.3, -0.25) is 4.79 Å². The average molecular weight is 326 g/mol. The van der Waals surface area contributed by atoms with Crippen LogP contribution in [0.2, 0.25) is 0 Å². The van der Waals surface area contributed by atoms with Crippen molar-refractivity contribution in [3.8, 4) is 5.75 Å². The lowest BCUT2D eigenvalue weighted by molar-refractivity contribution is -0.123. The van der Waals surface area contributed by atoms with Crippen molar-refractivity contribution in [2.24, 2.45) is 5.10 Å². The first-order valence-electron chi connectivity index (χ1n) is 7.31.